The summed E-state index contributed by atoms with van der Waals surface area (Å²) in [5.74, 6) is 0.600. The van der Waals surface area contributed by atoms with E-state index in [-0.39, 0.29) is 0 Å². The highest BCUT2D eigenvalue weighted by atomic mass is 16.5. The molecule has 2 aromatic carbocycles. The number of carbonyl (C=O) groups excluding carboxylic acids is 1. The van der Waals surface area contributed by atoms with Crippen LogP contribution < -0.4 is 4.74 Å². The van der Waals surface area contributed by atoms with Crippen molar-refractivity contribution >= 4 is 6.29 Å². The van der Waals surface area contributed by atoms with Gasteiger partial charge in [-0.15, -0.1) is 0 Å². The van der Waals surface area contributed by atoms with Crippen molar-refractivity contribution in [2.24, 2.45) is 0 Å². The van der Waals surface area contributed by atoms with E-state index in [1.807, 2.05) is 18.2 Å². The molecule has 1 heterocycles. The van der Waals surface area contributed by atoms with Gasteiger partial charge in [0, 0.05) is 0 Å². The molecular weight excluding hydrogens is 240 g/mol. The van der Waals surface area contributed by atoms with Crippen molar-refractivity contribution in [1.82, 2.24) is 0 Å². The van der Waals surface area contributed by atoms with Crippen molar-refractivity contribution in [3.05, 3.63) is 53.1 Å². The second-order valence-corrected chi connectivity index (χ2v) is 4.55. The van der Waals surface area contributed by atoms with Crippen LogP contribution in [-0.2, 0) is 18.0 Å². The van der Waals surface area contributed by atoms with Crippen LogP contribution in [0.3, 0.4) is 0 Å². The summed E-state index contributed by atoms with van der Waals surface area (Å²) in [7, 11) is 1.56. The summed E-state index contributed by atoms with van der Waals surface area (Å²) in [4.78, 5) is 11.1. The zero-order chi connectivity index (χ0) is 13.2. The fraction of sp³-hybridized carbons (Fsp3) is 0.188. The molecule has 0 bridgehead atoms. The molecule has 0 amide bonds. The van der Waals surface area contributed by atoms with Crippen LogP contribution in [0, 0.1) is 0 Å². The Morgan fingerprint density at radius 3 is 2.58 bits per heavy atom. The molecule has 0 unspecified atom stereocenters. The number of benzene rings is 2. The van der Waals surface area contributed by atoms with E-state index in [9.17, 15) is 4.79 Å². The lowest BCUT2D eigenvalue weighted by atomic mass is 9.99. The largest absolute Gasteiger partial charge is 0.496 e. The first-order valence-electron chi connectivity index (χ1n) is 6.15. The number of aldehydes is 1. The average molecular weight is 254 g/mol. The Morgan fingerprint density at radius 1 is 1.05 bits per heavy atom. The highest BCUT2D eigenvalue weighted by Gasteiger charge is 2.12. The van der Waals surface area contributed by atoms with E-state index >= 15 is 0 Å². The van der Waals surface area contributed by atoms with E-state index in [2.05, 4.69) is 18.2 Å². The Bertz CT molecular complexity index is 632. The summed E-state index contributed by atoms with van der Waals surface area (Å²) in [6.45, 7) is 1.36. The molecule has 0 fully saturated rings. The van der Waals surface area contributed by atoms with Crippen LogP contribution in [0.25, 0.3) is 11.1 Å². The maximum Gasteiger partial charge on any atom is 0.153 e. The minimum Gasteiger partial charge on any atom is -0.496 e. The van der Waals surface area contributed by atoms with Gasteiger partial charge in [0.25, 0.3) is 0 Å². The molecule has 0 aromatic heterocycles. The van der Waals surface area contributed by atoms with Crippen LogP contribution in [0.1, 0.15) is 21.5 Å². The van der Waals surface area contributed by atoms with Crippen molar-refractivity contribution in [3.63, 3.8) is 0 Å². The summed E-state index contributed by atoms with van der Waals surface area (Å²) in [6.07, 6.45) is 0.818. The van der Waals surface area contributed by atoms with Gasteiger partial charge in [0.2, 0.25) is 0 Å². The highest BCUT2D eigenvalue weighted by Crippen LogP contribution is 2.29. The van der Waals surface area contributed by atoms with Crippen LogP contribution in [-0.4, -0.2) is 13.4 Å². The molecule has 1 aliphatic rings. The number of fused-ring (bicyclic) bond motifs is 1. The Hall–Kier alpha value is -2.13. The second-order valence-electron chi connectivity index (χ2n) is 4.55. The van der Waals surface area contributed by atoms with Gasteiger partial charge >= 0.3 is 0 Å². The average Bonchev–Trinajstić information content (AvgIpc) is 2.93. The molecule has 0 radical (unpaired) electrons. The highest BCUT2D eigenvalue weighted by molar-refractivity contribution is 5.83. The zero-order valence-corrected chi connectivity index (χ0v) is 10.7. The summed E-state index contributed by atoms with van der Waals surface area (Å²) in [6, 6.07) is 11.9. The number of rotatable bonds is 3. The Morgan fingerprint density at radius 2 is 1.79 bits per heavy atom. The van der Waals surface area contributed by atoms with Crippen LogP contribution in [0.15, 0.2) is 36.4 Å². The Kier molecular flexibility index (Phi) is 3.05. The number of hydrogen-bond acceptors (Lipinski definition) is 3. The quantitative estimate of drug-likeness (QED) is 0.789. The maximum absolute atomic E-state index is 11.1. The van der Waals surface area contributed by atoms with E-state index in [1.54, 1.807) is 7.11 Å². The molecule has 0 aliphatic carbocycles. The topological polar surface area (TPSA) is 35.5 Å². The molecule has 3 rings (SSSR count). The first-order valence-corrected chi connectivity index (χ1v) is 6.15. The lowest BCUT2D eigenvalue weighted by Crippen LogP contribution is -1.91. The lowest BCUT2D eigenvalue weighted by Gasteiger charge is -2.08. The van der Waals surface area contributed by atoms with E-state index in [0.29, 0.717) is 24.5 Å². The van der Waals surface area contributed by atoms with E-state index < -0.39 is 0 Å². The molecule has 0 N–H and O–H groups in total. The third kappa shape index (κ3) is 2.13. The van der Waals surface area contributed by atoms with Crippen LogP contribution in [0.4, 0.5) is 0 Å². The predicted molar refractivity (Wildman–Crippen MR) is 72.3 cm³/mol. The van der Waals surface area contributed by atoms with Gasteiger partial charge in [-0.3, -0.25) is 4.79 Å². The van der Waals surface area contributed by atoms with Gasteiger partial charge in [0.15, 0.2) is 6.29 Å². The van der Waals surface area contributed by atoms with Crippen LogP contribution in [0.5, 0.6) is 5.75 Å². The zero-order valence-electron chi connectivity index (χ0n) is 10.7. The lowest BCUT2D eigenvalue weighted by molar-refractivity contribution is 0.112. The molecule has 0 saturated carbocycles. The van der Waals surface area contributed by atoms with Gasteiger partial charge < -0.3 is 9.47 Å². The molecule has 3 nitrogen and oxygen atoms in total. The standard InChI is InChI=1S/C16H14O3/c1-18-16-5-4-12(6-14(16)8-17)11-2-3-13-9-19-10-15(13)7-11/h2-8H,9-10H2,1H3. The minimum absolute atomic E-state index is 0.566. The molecule has 19 heavy (non-hydrogen) atoms. The Balaban J connectivity index is 2.04. The predicted octanol–water partition coefficient (Wildman–Crippen LogP) is 3.20. The van der Waals surface area contributed by atoms with Gasteiger partial charge in [0.05, 0.1) is 25.9 Å². The molecule has 0 saturated heterocycles. The minimum atomic E-state index is 0.566. The summed E-state index contributed by atoms with van der Waals surface area (Å²) in [5, 5.41) is 0. The number of hydrogen-bond donors (Lipinski definition) is 0. The molecule has 1 aliphatic heterocycles. The van der Waals surface area contributed by atoms with E-state index in [4.69, 9.17) is 9.47 Å². The number of ether oxygens (including phenoxy) is 2. The summed E-state index contributed by atoms with van der Waals surface area (Å²) >= 11 is 0. The van der Waals surface area contributed by atoms with Gasteiger partial charge in [-0.05, 0) is 40.5 Å². The number of methoxy groups -OCH3 is 1. The fourth-order valence-corrected chi connectivity index (χ4v) is 2.36. The second kappa shape index (κ2) is 4.86. The molecule has 0 spiro atoms. The van der Waals surface area contributed by atoms with E-state index in [0.717, 1.165) is 17.4 Å². The van der Waals surface area contributed by atoms with Gasteiger partial charge in [0.1, 0.15) is 5.75 Å². The normalized spacial score (nSPS) is 13.1. The number of carbonyl (C=O) groups is 1. The van der Waals surface area contributed by atoms with Gasteiger partial charge in [-0.1, -0.05) is 18.2 Å². The van der Waals surface area contributed by atoms with Crippen molar-refractivity contribution in [3.8, 4) is 16.9 Å². The molecule has 3 heteroatoms. The molecular formula is C16H14O3. The maximum atomic E-state index is 11.1. The Labute approximate surface area is 111 Å². The summed E-state index contributed by atoms with van der Waals surface area (Å²) < 4.78 is 10.6. The third-order valence-electron chi connectivity index (χ3n) is 3.41. The SMILES string of the molecule is COc1ccc(-c2ccc3c(c2)COC3)cc1C=O. The molecule has 2 aromatic rings. The fourth-order valence-electron chi connectivity index (χ4n) is 2.36. The molecule has 0 atom stereocenters. The third-order valence-corrected chi connectivity index (χ3v) is 3.41. The van der Waals surface area contributed by atoms with E-state index in [1.165, 1.54) is 11.1 Å². The van der Waals surface area contributed by atoms with Crippen molar-refractivity contribution < 1.29 is 14.3 Å². The van der Waals surface area contributed by atoms with Crippen LogP contribution >= 0.6 is 0 Å². The van der Waals surface area contributed by atoms with Crippen LogP contribution in [0.2, 0.25) is 0 Å². The van der Waals surface area contributed by atoms with Crippen molar-refractivity contribution in [1.29, 1.82) is 0 Å². The first-order chi connectivity index (χ1) is 9.31. The smallest absolute Gasteiger partial charge is 0.153 e. The summed E-state index contributed by atoms with van der Waals surface area (Å²) in [5.41, 5.74) is 5.14. The monoisotopic (exact) mass is 254 g/mol. The van der Waals surface area contributed by atoms with Gasteiger partial charge in [-0.25, -0.2) is 0 Å². The van der Waals surface area contributed by atoms with Gasteiger partial charge in [-0.2, -0.15) is 0 Å². The first kappa shape index (κ1) is 11.9. The molecule has 96 valence electrons. The van der Waals surface area contributed by atoms with Crippen molar-refractivity contribution in [2.75, 3.05) is 7.11 Å². The van der Waals surface area contributed by atoms with Crippen molar-refractivity contribution in [2.45, 2.75) is 13.2 Å².